The number of aromatic nitrogens is 1. The number of ether oxygens (including phenoxy) is 5. The van der Waals surface area contributed by atoms with Crippen LogP contribution in [0.3, 0.4) is 0 Å². The Balaban J connectivity index is 1.53. The highest BCUT2D eigenvalue weighted by Crippen LogP contribution is 2.35. The molecule has 0 N–H and O–H groups in total. The van der Waals surface area contributed by atoms with E-state index in [1.807, 2.05) is 13.8 Å². The van der Waals surface area contributed by atoms with Crippen LogP contribution >= 0.6 is 11.3 Å². The van der Waals surface area contributed by atoms with E-state index in [-0.39, 0.29) is 23.6 Å². The van der Waals surface area contributed by atoms with Crippen LogP contribution in [-0.2, 0) is 16.1 Å². The van der Waals surface area contributed by atoms with E-state index < -0.39 is 12.0 Å². The molecular weight excluding hydrogens is 587 g/mol. The molecule has 0 fully saturated rings. The summed E-state index contributed by atoms with van der Waals surface area (Å²) in [5.74, 6) is 1.12. The number of fused-ring (bicyclic) bond motifs is 1. The molecule has 1 aromatic heterocycles. The third-order valence-electron chi connectivity index (χ3n) is 6.80. The van der Waals surface area contributed by atoms with Crippen molar-refractivity contribution in [2.75, 3.05) is 27.4 Å². The zero-order valence-electron chi connectivity index (χ0n) is 24.7. The Bertz CT molecular complexity index is 1880. The number of hydrogen-bond donors (Lipinski definition) is 0. The van der Waals surface area contributed by atoms with Crippen LogP contribution in [0.1, 0.15) is 36.6 Å². The lowest BCUT2D eigenvalue weighted by molar-refractivity contribution is -0.136. The van der Waals surface area contributed by atoms with Gasteiger partial charge in [-0.3, -0.25) is 9.36 Å². The second-order valence-corrected chi connectivity index (χ2v) is 10.6. The van der Waals surface area contributed by atoms with Crippen molar-refractivity contribution >= 4 is 23.4 Å². The van der Waals surface area contributed by atoms with E-state index in [9.17, 15) is 14.0 Å². The number of methoxy groups -OCH3 is 2. The van der Waals surface area contributed by atoms with Gasteiger partial charge in [0.1, 0.15) is 12.4 Å². The van der Waals surface area contributed by atoms with Crippen molar-refractivity contribution in [2.24, 2.45) is 4.99 Å². The average Bonchev–Trinajstić information content (AvgIpc) is 3.35. The van der Waals surface area contributed by atoms with E-state index in [1.165, 1.54) is 48.5 Å². The summed E-state index contributed by atoms with van der Waals surface area (Å²) < 4.78 is 43.1. The number of thiazole rings is 1. The minimum absolute atomic E-state index is 0.211. The van der Waals surface area contributed by atoms with Gasteiger partial charge in [0.2, 0.25) is 0 Å². The lowest BCUT2D eigenvalue weighted by atomic mass is 9.97. The Morgan fingerprint density at radius 3 is 2.34 bits per heavy atom. The second-order valence-electron chi connectivity index (χ2n) is 9.57. The molecule has 0 spiro atoms. The highest BCUT2D eigenvalue weighted by molar-refractivity contribution is 7.07. The van der Waals surface area contributed by atoms with Gasteiger partial charge in [-0.15, -0.1) is 0 Å². The molecule has 1 aliphatic rings. The summed E-state index contributed by atoms with van der Waals surface area (Å²) in [6.07, 6.45) is 3.18. The fourth-order valence-electron chi connectivity index (χ4n) is 4.77. The van der Waals surface area contributed by atoms with Gasteiger partial charge in [0.25, 0.3) is 5.56 Å². The molecule has 0 unspecified atom stereocenters. The van der Waals surface area contributed by atoms with Gasteiger partial charge in [0, 0.05) is 6.20 Å². The molecule has 9 nitrogen and oxygen atoms in total. The maximum Gasteiger partial charge on any atom is 0.337 e. The van der Waals surface area contributed by atoms with E-state index in [2.05, 4.69) is 4.99 Å². The van der Waals surface area contributed by atoms with Crippen molar-refractivity contribution < 1.29 is 32.9 Å². The zero-order chi connectivity index (χ0) is 31.2. The molecule has 0 saturated carbocycles. The quantitative estimate of drug-likeness (QED) is 0.228. The number of carbonyl (C=O) groups excluding carboxylic acids is 1. The van der Waals surface area contributed by atoms with Crippen LogP contribution in [0.25, 0.3) is 6.08 Å². The Morgan fingerprint density at radius 2 is 1.64 bits per heavy atom. The van der Waals surface area contributed by atoms with E-state index in [1.54, 1.807) is 54.6 Å². The maximum atomic E-state index is 13.9. The topological polar surface area (TPSA) is 97.6 Å². The molecule has 0 saturated heterocycles. The van der Waals surface area contributed by atoms with Gasteiger partial charge >= 0.3 is 5.97 Å². The lowest BCUT2D eigenvalue weighted by Crippen LogP contribution is -2.39. The van der Waals surface area contributed by atoms with E-state index in [0.717, 1.165) is 5.56 Å². The first-order valence-corrected chi connectivity index (χ1v) is 14.7. The van der Waals surface area contributed by atoms with E-state index >= 15 is 0 Å². The van der Waals surface area contributed by atoms with E-state index in [0.29, 0.717) is 56.7 Å². The molecular formula is C33H31FN2O7S. The number of halogens is 1. The number of benzene rings is 3. The summed E-state index contributed by atoms with van der Waals surface area (Å²) in [6, 6.07) is 15.9. The van der Waals surface area contributed by atoms with Crippen molar-refractivity contribution in [3.05, 3.63) is 115 Å². The molecule has 5 rings (SSSR count). The van der Waals surface area contributed by atoms with Crippen LogP contribution in [0, 0.1) is 5.82 Å². The predicted octanol–water partition coefficient (Wildman–Crippen LogP) is 4.54. The molecule has 228 valence electrons. The van der Waals surface area contributed by atoms with Gasteiger partial charge in [-0.25, -0.2) is 14.2 Å². The Hall–Kier alpha value is -4.90. The summed E-state index contributed by atoms with van der Waals surface area (Å²) in [5.41, 5.74) is 2.03. The Kier molecular flexibility index (Phi) is 9.44. The van der Waals surface area contributed by atoms with Gasteiger partial charge in [0.15, 0.2) is 27.8 Å². The molecule has 0 bridgehead atoms. The molecule has 3 aromatic carbocycles. The fourth-order valence-corrected chi connectivity index (χ4v) is 5.74. The SMILES string of the molecule is CCOc1ccc([C@H]2C(C(=O)OC)=CN=c3s/c(=C\c4ccc(OCc5ccc(F)cc5)c(OC)c4)c(=O)n32)cc1OCC. The fraction of sp³-hybridized carbons (Fsp3) is 0.242. The van der Waals surface area contributed by atoms with Crippen molar-refractivity contribution in [1.29, 1.82) is 0 Å². The minimum Gasteiger partial charge on any atom is -0.493 e. The molecule has 1 atom stereocenters. The smallest absolute Gasteiger partial charge is 0.337 e. The van der Waals surface area contributed by atoms with Crippen molar-refractivity contribution in [1.82, 2.24) is 4.57 Å². The minimum atomic E-state index is -0.799. The average molecular weight is 619 g/mol. The molecule has 0 radical (unpaired) electrons. The first kappa shape index (κ1) is 30.6. The Labute approximate surface area is 257 Å². The van der Waals surface area contributed by atoms with Crippen molar-refractivity contribution in [2.45, 2.75) is 26.5 Å². The largest absolute Gasteiger partial charge is 0.493 e. The standard InChI is InChI=1S/C33H31FN2O7S/c1-5-41-26-14-10-22(17-28(26)42-6-2)30-24(32(38)40-4)18-35-33-36(30)31(37)29(44-33)16-21-9-13-25(27(15-21)39-3)43-19-20-7-11-23(34)12-8-20/h7-18,30H,5-6,19H2,1-4H3/b29-16-/t30-/m0/s1. The third-order valence-corrected chi connectivity index (χ3v) is 7.80. The summed E-state index contributed by atoms with van der Waals surface area (Å²) in [7, 11) is 2.81. The monoisotopic (exact) mass is 618 g/mol. The predicted molar refractivity (Wildman–Crippen MR) is 164 cm³/mol. The first-order valence-electron chi connectivity index (χ1n) is 13.9. The molecule has 2 heterocycles. The summed E-state index contributed by atoms with van der Waals surface area (Å²) >= 11 is 1.20. The van der Waals surface area contributed by atoms with Gasteiger partial charge < -0.3 is 23.7 Å². The molecule has 0 amide bonds. The van der Waals surface area contributed by atoms with Crippen molar-refractivity contribution in [3.63, 3.8) is 0 Å². The highest BCUT2D eigenvalue weighted by Gasteiger charge is 2.31. The number of esters is 1. The number of nitrogens with zero attached hydrogens (tertiary/aromatic N) is 2. The van der Waals surface area contributed by atoms with Crippen LogP contribution in [0.15, 0.2) is 82.2 Å². The molecule has 0 aliphatic carbocycles. The molecule has 44 heavy (non-hydrogen) atoms. The van der Waals surface area contributed by atoms with Crippen LogP contribution in [0.2, 0.25) is 0 Å². The maximum absolute atomic E-state index is 13.9. The number of carbonyl (C=O) groups is 1. The lowest BCUT2D eigenvalue weighted by Gasteiger charge is -2.23. The molecule has 11 heteroatoms. The highest BCUT2D eigenvalue weighted by atomic mass is 32.1. The normalized spacial score (nSPS) is 14.2. The summed E-state index contributed by atoms with van der Waals surface area (Å²) in [6.45, 7) is 4.84. The van der Waals surface area contributed by atoms with Crippen LogP contribution in [0.4, 0.5) is 4.39 Å². The number of rotatable bonds is 11. The summed E-state index contributed by atoms with van der Waals surface area (Å²) in [4.78, 5) is 31.6. The van der Waals surface area contributed by atoms with E-state index in [4.69, 9.17) is 23.7 Å². The first-order chi connectivity index (χ1) is 21.4. The van der Waals surface area contributed by atoms with Gasteiger partial charge in [-0.1, -0.05) is 35.6 Å². The van der Waals surface area contributed by atoms with Gasteiger partial charge in [0.05, 0.1) is 43.6 Å². The second kappa shape index (κ2) is 13.6. The number of hydrogen-bond acceptors (Lipinski definition) is 9. The third kappa shape index (κ3) is 6.37. The van der Waals surface area contributed by atoms with Crippen LogP contribution < -0.4 is 33.8 Å². The molecule has 1 aliphatic heterocycles. The Morgan fingerprint density at radius 1 is 0.932 bits per heavy atom. The van der Waals surface area contributed by atoms with Crippen molar-refractivity contribution in [3.8, 4) is 23.0 Å². The van der Waals surface area contributed by atoms with Gasteiger partial charge in [-0.2, -0.15) is 0 Å². The molecule has 4 aromatic rings. The summed E-state index contributed by atoms with van der Waals surface area (Å²) in [5, 5.41) is 0. The van der Waals surface area contributed by atoms with Crippen LogP contribution in [0.5, 0.6) is 23.0 Å². The van der Waals surface area contributed by atoms with Crippen LogP contribution in [-0.4, -0.2) is 38.0 Å². The zero-order valence-corrected chi connectivity index (χ0v) is 25.5. The van der Waals surface area contributed by atoms with Gasteiger partial charge in [-0.05, 0) is 73.0 Å².